The van der Waals surface area contributed by atoms with E-state index in [9.17, 15) is 14.7 Å². The minimum Gasteiger partial charge on any atom is -0.496 e. The van der Waals surface area contributed by atoms with Gasteiger partial charge >= 0.3 is 5.63 Å². The number of carbonyl (C=O) groups is 1. The first-order valence-corrected chi connectivity index (χ1v) is 7.51. The van der Waals surface area contributed by atoms with Gasteiger partial charge in [-0.15, -0.1) is 0 Å². The Morgan fingerprint density at radius 2 is 2.12 bits per heavy atom. The molecule has 0 spiro atoms. The molecule has 0 amide bonds. The number of aliphatic hydroxyl groups excluding tert-OH is 1. The van der Waals surface area contributed by atoms with E-state index in [0.29, 0.717) is 22.4 Å². The zero-order chi connectivity index (χ0) is 16.6. The summed E-state index contributed by atoms with van der Waals surface area (Å²) in [7, 11) is 1.47. The van der Waals surface area contributed by atoms with Crippen LogP contribution in [-0.4, -0.2) is 24.3 Å². The molecule has 0 radical (unpaired) electrons. The third kappa shape index (κ3) is 1.50. The fourth-order valence-electron chi connectivity index (χ4n) is 3.76. The second-order valence-corrected chi connectivity index (χ2v) is 5.99. The lowest BCUT2D eigenvalue weighted by molar-refractivity contribution is -0.00485. The van der Waals surface area contributed by atoms with Crippen LogP contribution in [0.15, 0.2) is 27.6 Å². The SMILES string of the molecule is COc1cc2c(c3oc(=O)c4c(c13)C(O)CC4=O)[C@@H]1C=CO[C@@H]1O2. The summed E-state index contributed by atoms with van der Waals surface area (Å²) in [5.41, 5.74) is 0.362. The Bertz CT molecular complexity index is 1000. The van der Waals surface area contributed by atoms with Crippen LogP contribution in [0.2, 0.25) is 0 Å². The third-order valence-corrected chi connectivity index (χ3v) is 4.76. The van der Waals surface area contributed by atoms with Gasteiger partial charge in [0.05, 0.1) is 36.3 Å². The number of methoxy groups -OCH3 is 1. The van der Waals surface area contributed by atoms with Crippen molar-refractivity contribution in [1.82, 2.24) is 0 Å². The van der Waals surface area contributed by atoms with E-state index in [-0.39, 0.29) is 29.0 Å². The predicted octanol–water partition coefficient (Wildman–Crippen LogP) is 1.77. The molecule has 3 heterocycles. The van der Waals surface area contributed by atoms with Crippen LogP contribution in [0.4, 0.5) is 0 Å². The van der Waals surface area contributed by atoms with Gasteiger partial charge in [0, 0.05) is 18.1 Å². The molecule has 3 aliphatic rings. The van der Waals surface area contributed by atoms with E-state index in [1.165, 1.54) is 13.4 Å². The first-order valence-electron chi connectivity index (χ1n) is 7.51. The van der Waals surface area contributed by atoms with Crippen LogP contribution in [0.5, 0.6) is 11.5 Å². The fraction of sp³-hybridized carbons (Fsp3) is 0.294. The Kier molecular flexibility index (Phi) is 2.49. The minimum atomic E-state index is -1.06. The summed E-state index contributed by atoms with van der Waals surface area (Å²) < 4.78 is 22.0. The maximum Gasteiger partial charge on any atom is 0.347 e. The quantitative estimate of drug-likeness (QED) is 0.797. The lowest BCUT2D eigenvalue weighted by atomic mass is 9.95. The number of fused-ring (bicyclic) bond motifs is 7. The highest BCUT2D eigenvalue weighted by Crippen LogP contribution is 2.51. The normalized spacial score (nSPS) is 26.1. The lowest BCUT2D eigenvalue weighted by Crippen LogP contribution is -2.15. The van der Waals surface area contributed by atoms with Crippen LogP contribution >= 0.6 is 0 Å². The van der Waals surface area contributed by atoms with Crippen molar-refractivity contribution in [2.24, 2.45) is 0 Å². The summed E-state index contributed by atoms with van der Waals surface area (Å²) in [6.07, 6.45) is 1.65. The lowest BCUT2D eigenvalue weighted by Gasteiger charge is -2.14. The fourth-order valence-corrected chi connectivity index (χ4v) is 3.76. The van der Waals surface area contributed by atoms with Gasteiger partial charge in [-0.3, -0.25) is 4.79 Å². The topological polar surface area (TPSA) is 95.2 Å². The Labute approximate surface area is 135 Å². The molecule has 1 aromatic heterocycles. The van der Waals surface area contributed by atoms with Crippen LogP contribution in [0.25, 0.3) is 11.0 Å². The third-order valence-electron chi connectivity index (χ3n) is 4.76. The number of hydrogen-bond donors (Lipinski definition) is 1. The van der Waals surface area contributed by atoms with Crippen molar-refractivity contribution in [3.63, 3.8) is 0 Å². The largest absolute Gasteiger partial charge is 0.496 e. The van der Waals surface area contributed by atoms with Crippen molar-refractivity contribution >= 4 is 16.8 Å². The van der Waals surface area contributed by atoms with Crippen molar-refractivity contribution in [1.29, 1.82) is 0 Å². The Balaban J connectivity index is 1.96. The Hall–Kier alpha value is -2.80. The number of aliphatic hydroxyl groups is 1. The molecule has 1 unspecified atom stereocenters. The molecule has 5 rings (SSSR count). The van der Waals surface area contributed by atoms with Crippen LogP contribution in [0, 0.1) is 0 Å². The van der Waals surface area contributed by atoms with Crippen LogP contribution in [0.1, 0.15) is 39.9 Å². The number of rotatable bonds is 1. The van der Waals surface area contributed by atoms with Crippen molar-refractivity contribution < 1.29 is 28.5 Å². The molecule has 2 aliphatic heterocycles. The highest BCUT2D eigenvalue weighted by atomic mass is 16.7. The summed E-state index contributed by atoms with van der Waals surface area (Å²) in [5, 5.41) is 10.7. The van der Waals surface area contributed by atoms with Crippen LogP contribution in [-0.2, 0) is 4.74 Å². The summed E-state index contributed by atoms with van der Waals surface area (Å²) in [4.78, 5) is 24.4. The second kappa shape index (κ2) is 4.39. The number of benzene rings is 1. The molecule has 3 atom stereocenters. The van der Waals surface area contributed by atoms with Gasteiger partial charge in [-0.1, -0.05) is 0 Å². The van der Waals surface area contributed by atoms with E-state index in [4.69, 9.17) is 18.6 Å². The Morgan fingerprint density at radius 3 is 2.92 bits per heavy atom. The average Bonchev–Trinajstić information content (AvgIpc) is 3.19. The van der Waals surface area contributed by atoms with E-state index in [2.05, 4.69) is 0 Å². The maximum atomic E-state index is 12.3. The molecular weight excluding hydrogens is 316 g/mol. The van der Waals surface area contributed by atoms with Gasteiger partial charge in [0.2, 0.25) is 0 Å². The van der Waals surface area contributed by atoms with E-state index < -0.39 is 23.8 Å². The van der Waals surface area contributed by atoms with E-state index in [1.807, 2.05) is 6.08 Å². The number of ketones is 1. The smallest absolute Gasteiger partial charge is 0.347 e. The van der Waals surface area contributed by atoms with E-state index in [0.717, 1.165) is 0 Å². The zero-order valence-corrected chi connectivity index (χ0v) is 12.6. The van der Waals surface area contributed by atoms with Gasteiger partial charge < -0.3 is 23.7 Å². The summed E-state index contributed by atoms with van der Waals surface area (Å²) in [6, 6.07) is 1.67. The van der Waals surface area contributed by atoms with Gasteiger partial charge in [0.25, 0.3) is 6.29 Å². The molecule has 1 aliphatic carbocycles. The summed E-state index contributed by atoms with van der Waals surface area (Å²) in [5.74, 6) is 0.236. The van der Waals surface area contributed by atoms with Gasteiger partial charge in [-0.25, -0.2) is 4.79 Å². The van der Waals surface area contributed by atoms with Gasteiger partial charge in [-0.2, -0.15) is 0 Å². The van der Waals surface area contributed by atoms with Crippen molar-refractivity contribution in [3.05, 3.63) is 45.5 Å². The summed E-state index contributed by atoms with van der Waals surface area (Å²) in [6.45, 7) is 0. The number of Topliss-reactive ketones (excluding diaryl/α,β-unsaturated/α-hetero) is 1. The summed E-state index contributed by atoms with van der Waals surface area (Å²) >= 11 is 0. The minimum absolute atomic E-state index is 0.0954. The molecule has 7 heteroatoms. The van der Waals surface area contributed by atoms with Gasteiger partial charge in [0.1, 0.15) is 22.6 Å². The van der Waals surface area contributed by atoms with Gasteiger partial charge in [0.15, 0.2) is 5.78 Å². The molecule has 122 valence electrons. The molecule has 0 bridgehead atoms. The number of hydrogen-bond acceptors (Lipinski definition) is 7. The maximum absolute atomic E-state index is 12.3. The molecule has 0 saturated carbocycles. The van der Waals surface area contributed by atoms with Crippen molar-refractivity contribution in [2.45, 2.75) is 24.7 Å². The molecule has 0 saturated heterocycles. The standard InChI is InChI=1S/C17H12O7/c1-21-9-5-10-11(6-2-3-22-17(6)23-10)15-14(9)12-7(18)4-8(19)13(12)16(20)24-15/h2-3,5-7,17-18H,4H2,1H3/t6-,7?,17+/m0/s1. The highest BCUT2D eigenvalue weighted by Gasteiger charge is 2.43. The highest BCUT2D eigenvalue weighted by molar-refractivity contribution is 6.07. The van der Waals surface area contributed by atoms with Crippen molar-refractivity contribution in [2.75, 3.05) is 7.11 Å². The first kappa shape index (κ1) is 13.6. The molecule has 24 heavy (non-hydrogen) atoms. The molecular formula is C17H12O7. The molecule has 1 N–H and O–H groups in total. The molecule has 7 nitrogen and oxygen atoms in total. The molecule has 2 aromatic rings. The predicted molar refractivity (Wildman–Crippen MR) is 80.3 cm³/mol. The average molecular weight is 328 g/mol. The van der Waals surface area contributed by atoms with E-state index >= 15 is 0 Å². The number of ether oxygens (including phenoxy) is 3. The van der Waals surface area contributed by atoms with Crippen LogP contribution in [0.3, 0.4) is 0 Å². The monoisotopic (exact) mass is 328 g/mol. The zero-order valence-electron chi connectivity index (χ0n) is 12.6. The van der Waals surface area contributed by atoms with E-state index in [1.54, 1.807) is 6.07 Å². The Morgan fingerprint density at radius 1 is 1.29 bits per heavy atom. The van der Waals surface area contributed by atoms with Crippen LogP contribution < -0.4 is 15.1 Å². The van der Waals surface area contributed by atoms with Gasteiger partial charge in [-0.05, 0) is 6.08 Å². The first-order chi connectivity index (χ1) is 11.6. The number of carbonyl (C=O) groups excluding carboxylic acids is 1. The second-order valence-electron chi connectivity index (χ2n) is 5.99. The molecule has 0 fully saturated rings. The van der Waals surface area contributed by atoms with Crippen molar-refractivity contribution in [3.8, 4) is 11.5 Å². The molecule has 1 aromatic carbocycles.